The molecular formula is C13H18N2O3. The van der Waals surface area contributed by atoms with Gasteiger partial charge in [-0.2, -0.15) is 0 Å². The minimum atomic E-state index is -0.369. The van der Waals surface area contributed by atoms with Crippen LogP contribution in [0.5, 0.6) is 0 Å². The SMILES string of the molecule is CC1CCN(c2ccc(CO)cc2[N+](=O)[O-])CC1. The van der Waals surface area contributed by atoms with E-state index in [-0.39, 0.29) is 17.2 Å². The van der Waals surface area contributed by atoms with Gasteiger partial charge in [0.15, 0.2) is 0 Å². The molecule has 1 heterocycles. The molecule has 1 N–H and O–H groups in total. The molecular weight excluding hydrogens is 232 g/mol. The first-order valence-electron chi connectivity index (χ1n) is 6.25. The fourth-order valence-corrected chi connectivity index (χ4v) is 2.33. The highest BCUT2D eigenvalue weighted by Gasteiger charge is 2.23. The summed E-state index contributed by atoms with van der Waals surface area (Å²) in [6.45, 7) is 3.76. The van der Waals surface area contributed by atoms with Gasteiger partial charge in [0.2, 0.25) is 0 Å². The third kappa shape index (κ3) is 2.61. The van der Waals surface area contributed by atoms with E-state index in [9.17, 15) is 10.1 Å². The van der Waals surface area contributed by atoms with Crippen molar-refractivity contribution in [2.24, 2.45) is 5.92 Å². The Kier molecular flexibility index (Phi) is 3.81. The second-order valence-electron chi connectivity index (χ2n) is 4.91. The van der Waals surface area contributed by atoms with Crippen LogP contribution < -0.4 is 4.90 Å². The average molecular weight is 250 g/mol. The Hall–Kier alpha value is -1.62. The molecule has 98 valence electrons. The first-order chi connectivity index (χ1) is 8.61. The molecule has 1 aliphatic rings. The Labute approximate surface area is 106 Å². The number of nitrogens with zero attached hydrogens (tertiary/aromatic N) is 2. The Morgan fingerprint density at radius 1 is 1.44 bits per heavy atom. The number of aliphatic hydroxyl groups is 1. The fourth-order valence-electron chi connectivity index (χ4n) is 2.33. The quantitative estimate of drug-likeness (QED) is 0.660. The summed E-state index contributed by atoms with van der Waals surface area (Å²) in [5.74, 6) is 0.692. The lowest BCUT2D eigenvalue weighted by atomic mass is 9.98. The largest absolute Gasteiger partial charge is 0.392 e. The number of piperidine rings is 1. The highest BCUT2D eigenvalue weighted by molar-refractivity contribution is 5.64. The molecule has 0 saturated carbocycles. The molecule has 0 bridgehead atoms. The smallest absolute Gasteiger partial charge is 0.292 e. The van der Waals surface area contributed by atoms with Crippen LogP contribution in [0.15, 0.2) is 18.2 Å². The maximum atomic E-state index is 11.1. The lowest BCUT2D eigenvalue weighted by Gasteiger charge is -2.31. The average Bonchev–Trinajstić information content (AvgIpc) is 2.39. The molecule has 0 atom stereocenters. The van der Waals surface area contributed by atoms with Crippen LogP contribution in [0.1, 0.15) is 25.3 Å². The topological polar surface area (TPSA) is 66.6 Å². The standard InChI is InChI=1S/C13H18N2O3/c1-10-4-6-14(7-5-10)12-3-2-11(9-16)8-13(12)15(17)18/h2-3,8,10,16H,4-7,9H2,1H3. The molecule has 2 rings (SSSR count). The van der Waals surface area contributed by atoms with Gasteiger partial charge in [-0.05, 0) is 30.4 Å². The second-order valence-corrected chi connectivity index (χ2v) is 4.91. The third-order valence-corrected chi connectivity index (χ3v) is 3.54. The van der Waals surface area contributed by atoms with Crippen LogP contribution in [-0.2, 0) is 6.61 Å². The maximum absolute atomic E-state index is 11.1. The summed E-state index contributed by atoms with van der Waals surface area (Å²) in [5, 5.41) is 20.1. The Morgan fingerprint density at radius 2 is 2.11 bits per heavy atom. The molecule has 0 aliphatic carbocycles. The van der Waals surface area contributed by atoms with Crippen molar-refractivity contribution in [1.82, 2.24) is 0 Å². The summed E-state index contributed by atoms with van der Waals surface area (Å²) in [7, 11) is 0. The minimum Gasteiger partial charge on any atom is -0.392 e. The van der Waals surface area contributed by atoms with Crippen LogP contribution in [0.4, 0.5) is 11.4 Å². The molecule has 1 saturated heterocycles. The zero-order valence-electron chi connectivity index (χ0n) is 10.5. The van der Waals surface area contributed by atoms with Crippen molar-refractivity contribution in [3.05, 3.63) is 33.9 Å². The minimum absolute atomic E-state index is 0.0936. The molecule has 18 heavy (non-hydrogen) atoms. The Morgan fingerprint density at radius 3 is 2.67 bits per heavy atom. The van der Waals surface area contributed by atoms with Crippen LogP contribution in [0.25, 0.3) is 0 Å². The van der Waals surface area contributed by atoms with E-state index in [0.717, 1.165) is 25.9 Å². The van der Waals surface area contributed by atoms with E-state index in [2.05, 4.69) is 11.8 Å². The first-order valence-corrected chi connectivity index (χ1v) is 6.25. The van der Waals surface area contributed by atoms with Gasteiger partial charge in [-0.15, -0.1) is 0 Å². The predicted molar refractivity (Wildman–Crippen MR) is 69.6 cm³/mol. The number of hydrogen-bond acceptors (Lipinski definition) is 4. The highest BCUT2D eigenvalue weighted by Crippen LogP contribution is 2.32. The first kappa shape index (κ1) is 12.8. The number of aliphatic hydroxyl groups excluding tert-OH is 1. The van der Waals surface area contributed by atoms with Gasteiger partial charge in [0.05, 0.1) is 11.5 Å². The lowest BCUT2D eigenvalue weighted by molar-refractivity contribution is -0.384. The van der Waals surface area contributed by atoms with Crippen molar-refractivity contribution in [1.29, 1.82) is 0 Å². The van der Waals surface area contributed by atoms with Gasteiger partial charge in [0.25, 0.3) is 5.69 Å². The maximum Gasteiger partial charge on any atom is 0.292 e. The van der Waals surface area contributed by atoms with Gasteiger partial charge in [-0.1, -0.05) is 13.0 Å². The van der Waals surface area contributed by atoms with Gasteiger partial charge in [-0.3, -0.25) is 10.1 Å². The lowest BCUT2D eigenvalue weighted by Crippen LogP contribution is -2.33. The van der Waals surface area contributed by atoms with Crippen molar-refractivity contribution in [2.75, 3.05) is 18.0 Å². The van der Waals surface area contributed by atoms with E-state index in [4.69, 9.17) is 5.11 Å². The van der Waals surface area contributed by atoms with Crippen LogP contribution in [-0.4, -0.2) is 23.1 Å². The molecule has 0 spiro atoms. The predicted octanol–water partition coefficient (Wildman–Crippen LogP) is 2.32. The van der Waals surface area contributed by atoms with E-state index in [1.165, 1.54) is 6.07 Å². The monoisotopic (exact) mass is 250 g/mol. The summed E-state index contributed by atoms with van der Waals surface area (Å²) >= 11 is 0. The van der Waals surface area contributed by atoms with E-state index in [1.807, 2.05) is 0 Å². The van der Waals surface area contributed by atoms with Gasteiger partial charge < -0.3 is 10.0 Å². The number of benzene rings is 1. The molecule has 5 nitrogen and oxygen atoms in total. The van der Waals surface area contributed by atoms with E-state index < -0.39 is 0 Å². The van der Waals surface area contributed by atoms with Gasteiger partial charge >= 0.3 is 0 Å². The van der Waals surface area contributed by atoms with Gasteiger partial charge in [-0.25, -0.2) is 0 Å². The molecule has 1 aromatic carbocycles. The summed E-state index contributed by atoms with van der Waals surface area (Å²) in [6.07, 6.45) is 2.14. The summed E-state index contributed by atoms with van der Waals surface area (Å²) in [6, 6.07) is 4.97. The number of nitro groups is 1. The second kappa shape index (κ2) is 5.35. The molecule has 0 unspecified atom stereocenters. The Balaban J connectivity index is 2.29. The molecule has 5 heteroatoms. The number of nitro benzene ring substituents is 1. The zero-order valence-corrected chi connectivity index (χ0v) is 10.5. The van der Waals surface area contributed by atoms with Crippen molar-refractivity contribution in [3.8, 4) is 0 Å². The number of rotatable bonds is 3. The van der Waals surface area contributed by atoms with Gasteiger partial charge in [0.1, 0.15) is 5.69 Å². The molecule has 1 aliphatic heterocycles. The van der Waals surface area contributed by atoms with Crippen molar-refractivity contribution >= 4 is 11.4 Å². The van der Waals surface area contributed by atoms with E-state index in [1.54, 1.807) is 12.1 Å². The van der Waals surface area contributed by atoms with Crippen LogP contribution >= 0.6 is 0 Å². The van der Waals surface area contributed by atoms with Crippen LogP contribution in [0.2, 0.25) is 0 Å². The van der Waals surface area contributed by atoms with Crippen LogP contribution in [0.3, 0.4) is 0 Å². The fraction of sp³-hybridized carbons (Fsp3) is 0.538. The molecule has 0 radical (unpaired) electrons. The molecule has 0 amide bonds. The van der Waals surface area contributed by atoms with Gasteiger partial charge in [0, 0.05) is 19.2 Å². The summed E-state index contributed by atoms with van der Waals surface area (Å²) in [4.78, 5) is 12.8. The van der Waals surface area contributed by atoms with E-state index in [0.29, 0.717) is 17.2 Å². The van der Waals surface area contributed by atoms with Crippen molar-refractivity contribution < 1.29 is 10.0 Å². The molecule has 0 aromatic heterocycles. The third-order valence-electron chi connectivity index (χ3n) is 3.54. The molecule has 1 fully saturated rings. The van der Waals surface area contributed by atoms with E-state index >= 15 is 0 Å². The number of anilines is 1. The zero-order chi connectivity index (χ0) is 13.1. The summed E-state index contributed by atoms with van der Waals surface area (Å²) in [5.41, 5.74) is 1.34. The number of hydrogen-bond donors (Lipinski definition) is 1. The van der Waals surface area contributed by atoms with Crippen molar-refractivity contribution in [3.63, 3.8) is 0 Å². The highest BCUT2D eigenvalue weighted by atomic mass is 16.6. The molecule has 1 aromatic rings. The van der Waals surface area contributed by atoms with Crippen LogP contribution in [0, 0.1) is 16.0 Å². The summed E-state index contributed by atoms with van der Waals surface area (Å²) < 4.78 is 0. The van der Waals surface area contributed by atoms with Crippen molar-refractivity contribution in [2.45, 2.75) is 26.4 Å². The normalized spacial score (nSPS) is 16.9. The Bertz CT molecular complexity index is 440.